The van der Waals surface area contributed by atoms with Crippen LogP contribution in [-0.4, -0.2) is 95.5 Å². The van der Waals surface area contributed by atoms with E-state index in [4.69, 9.17) is 38.6 Å². The predicted octanol–water partition coefficient (Wildman–Crippen LogP) is 1.48. The van der Waals surface area contributed by atoms with Gasteiger partial charge >= 0.3 is 5.97 Å². The van der Waals surface area contributed by atoms with Gasteiger partial charge in [0.2, 0.25) is 0 Å². The number of aryl methyl sites for hydroxylation is 1. The fourth-order valence-corrected chi connectivity index (χ4v) is 5.11. The number of nitrogens with one attached hydrogen (secondary N) is 2. The maximum absolute atomic E-state index is 12.5. The van der Waals surface area contributed by atoms with Crippen molar-refractivity contribution in [3.63, 3.8) is 0 Å². The number of esters is 1. The van der Waals surface area contributed by atoms with Gasteiger partial charge in [0.1, 0.15) is 9.71 Å². The first kappa shape index (κ1) is 22.1. The molecule has 0 amide bonds. The third-order valence-electron chi connectivity index (χ3n) is 5.10. The molecule has 2 aromatic rings. The fourth-order valence-electron chi connectivity index (χ4n) is 3.45. The highest BCUT2D eigenvalue weighted by molar-refractivity contribution is 7.80. The van der Waals surface area contributed by atoms with Crippen LogP contribution in [0.5, 0.6) is 0 Å². The molecule has 0 aliphatic carbocycles. The van der Waals surface area contributed by atoms with Crippen molar-refractivity contribution in [3.8, 4) is 0 Å². The first-order chi connectivity index (χ1) is 15.0. The van der Waals surface area contributed by atoms with Crippen molar-refractivity contribution in [1.82, 2.24) is 19.6 Å². The van der Waals surface area contributed by atoms with Crippen LogP contribution in [-0.2, 0) is 21.3 Å². The Bertz CT molecular complexity index is 994. The Kier molecular flexibility index (Phi) is 6.86. The highest BCUT2D eigenvalue weighted by Gasteiger charge is 2.28. The number of fused-ring (bicyclic) bond motifs is 1. The standard InChI is InChI=1S/C18H24N6O4S3/c1-22-15-11(14(21-22)20-18(30)24-5-9-28-10-6-24)12(13(31-15)16(25)26-2)19-17(29)23-3-7-27-8-4-23/h3-10H2,1-2H3,(H,19,29)(H,20,21,30). The summed E-state index contributed by atoms with van der Waals surface area (Å²) in [5.74, 6) is 0.128. The molecule has 2 aliphatic rings. The third-order valence-corrected chi connectivity index (χ3v) is 7.05. The number of thiophene rings is 1. The molecule has 10 nitrogen and oxygen atoms in total. The predicted molar refractivity (Wildman–Crippen MR) is 127 cm³/mol. The maximum atomic E-state index is 12.5. The summed E-state index contributed by atoms with van der Waals surface area (Å²) in [5.41, 5.74) is 0.573. The molecule has 0 atom stereocenters. The average Bonchev–Trinajstić information content (AvgIpc) is 3.32. The molecule has 31 heavy (non-hydrogen) atoms. The van der Waals surface area contributed by atoms with E-state index in [1.54, 1.807) is 4.68 Å². The van der Waals surface area contributed by atoms with Crippen LogP contribution in [0.15, 0.2) is 0 Å². The number of hydrogen-bond acceptors (Lipinski definition) is 8. The van der Waals surface area contributed by atoms with Gasteiger partial charge in [-0.1, -0.05) is 0 Å². The summed E-state index contributed by atoms with van der Waals surface area (Å²) in [7, 11) is 3.19. The van der Waals surface area contributed by atoms with E-state index in [1.807, 2.05) is 16.8 Å². The quantitative estimate of drug-likeness (QED) is 0.490. The molecule has 13 heteroatoms. The summed E-state index contributed by atoms with van der Waals surface area (Å²) < 4.78 is 17.5. The Hall–Kier alpha value is -2.06. The van der Waals surface area contributed by atoms with E-state index < -0.39 is 5.97 Å². The Morgan fingerprint density at radius 2 is 1.58 bits per heavy atom. The van der Waals surface area contributed by atoms with Crippen LogP contribution in [0, 0.1) is 0 Å². The number of ether oxygens (including phenoxy) is 3. The molecule has 2 saturated heterocycles. The van der Waals surface area contributed by atoms with E-state index in [9.17, 15) is 4.79 Å². The first-order valence-corrected chi connectivity index (χ1v) is 11.5. The number of carbonyl (C=O) groups is 1. The zero-order valence-corrected chi connectivity index (χ0v) is 19.8. The van der Waals surface area contributed by atoms with E-state index >= 15 is 0 Å². The summed E-state index contributed by atoms with van der Waals surface area (Å²) in [5, 5.41) is 12.9. The van der Waals surface area contributed by atoms with Gasteiger partial charge in [-0.15, -0.1) is 11.3 Å². The minimum absolute atomic E-state index is 0.432. The summed E-state index contributed by atoms with van der Waals surface area (Å²) in [6.45, 7) is 5.28. The number of nitrogens with zero attached hydrogens (tertiary/aromatic N) is 4. The zero-order chi connectivity index (χ0) is 22.0. The van der Waals surface area contributed by atoms with Crippen LogP contribution < -0.4 is 10.6 Å². The van der Waals surface area contributed by atoms with Gasteiger partial charge in [0.15, 0.2) is 16.0 Å². The number of anilines is 2. The average molecular weight is 485 g/mol. The van der Waals surface area contributed by atoms with Crippen molar-refractivity contribution in [2.45, 2.75) is 0 Å². The molecular weight excluding hydrogens is 460 g/mol. The fraction of sp³-hybridized carbons (Fsp3) is 0.556. The van der Waals surface area contributed by atoms with Crippen LogP contribution in [0.1, 0.15) is 9.67 Å². The smallest absolute Gasteiger partial charge is 0.350 e. The first-order valence-electron chi connectivity index (χ1n) is 9.84. The molecule has 0 bridgehead atoms. The molecule has 4 heterocycles. The highest BCUT2D eigenvalue weighted by Crippen LogP contribution is 2.40. The lowest BCUT2D eigenvalue weighted by atomic mass is 10.2. The molecule has 0 spiro atoms. The topological polar surface area (TPSA) is 93.1 Å². The number of hydrogen-bond donors (Lipinski definition) is 2. The van der Waals surface area contributed by atoms with Gasteiger partial charge in [-0.25, -0.2) is 4.79 Å². The Morgan fingerprint density at radius 1 is 1.03 bits per heavy atom. The zero-order valence-electron chi connectivity index (χ0n) is 17.3. The Balaban J connectivity index is 1.68. The second-order valence-electron chi connectivity index (χ2n) is 7.01. The minimum Gasteiger partial charge on any atom is -0.465 e. The van der Waals surface area contributed by atoms with E-state index in [2.05, 4.69) is 15.7 Å². The number of thiocarbonyl (C=S) groups is 2. The van der Waals surface area contributed by atoms with Gasteiger partial charge in [-0.05, 0) is 24.4 Å². The number of morpholine rings is 2. The van der Waals surface area contributed by atoms with Gasteiger partial charge in [0.05, 0.1) is 44.6 Å². The van der Waals surface area contributed by atoms with Crippen molar-refractivity contribution in [2.75, 3.05) is 70.3 Å². The van der Waals surface area contributed by atoms with Crippen molar-refractivity contribution in [1.29, 1.82) is 0 Å². The molecule has 0 radical (unpaired) electrons. The summed E-state index contributed by atoms with van der Waals surface area (Å²) >= 11 is 12.5. The van der Waals surface area contributed by atoms with Gasteiger partial charge < -0.3 is 34.6 Å². The molecule has 2 fully saturated rings. The van der Waals surface area contributed by atoms with Crippen LogP contribution in [0.4, 0.5) is 11.5 Å². The number of carbonyl (C=O) groups excluding carboxylic acids is 1. The molecule has 0 aromatic carbocycles. The molecule has 168 valence electrons. The highest BCUT2D eigenvalue weighted by atomic mass is 32.1. The number of aromatic nitrogens is 2. The second-order valence-corrected chi connectivity index (χ2v) is 8.78. The number of rotatable bonds is 3. The van der Waals surface area contributed by atoms with E-state index in [1.165, 1.54) is 18.4 Å². The van der Waals surface area contributed by atoms with E-state index in [0.717, 1.165) is 10.2 Å². The Labute approximate surface area is 194 Å². The molecule has 4 rings (SSSR count). The van der Waals surface area contributed by atoms with Crippen molar-refractivity contribution >= 4 is 73.7 Å². The van der Waals surface area contributed by atoms with Crippen molar-refractivity contribution in [3.05, 3.63) is 4.88 Å². The van der Waals surface area contributed by atoms with Gasteiger partial charge in [-0.2, -0.15) is 5.10 Å². The number of methoxy groups -OCH3 is 1. The van der Waals surface area contributed by atoms with Crippen molar-refractivity contribution in [2.24, 2.45) is 7.05 Å². The van der Waals surface area contributed by atoms with Gasteiger partial charge in [-0.3, -0.25) is 4.68 Å². The van der Waals surface area contributed by atoms with Crippen LogP contribution in [0.3, 0.4) is 0 Å². The lowest BCUT2D eigenvalue weighted by Gasteiger charge is -2.29. The minimum atomic E-state index is -0.435. The third kappa shape index (κ3) is 4.60. The lowest BCUT2D eigenvalue weighted by Crippen LogP contribution is -2.43. The monoisotopic (exact) mass is 484 g/mol. The molecule has 0 saturated carbocycles. The SMILES string of the molecule is COC(=O)c1sc2c(c(NC(=S)N3CCOCC3)nn2C)c1NC(=S)N1CCOCC1. The van der Waals surface area contributed by atoms with Crippen LogP contribution in [0.2, 0.25) is 0 Å². The molecule has 0 unspecified atom stereocenters. The molecular formula is C18H24N6O4S3. The van der Waals surface area contributed by atoms with Crippen LogP contribution in [0.25, 0.3) is 10.2 Å². The van der Waals surface area contributed by atoms with E-state index in [-0.39, 0.29) is 0 Å². The lowest BCUT2D eigenvalue weighted by molar-refractivity contribution is 0.0607. The normalized spacial score (nSPS) is 17.0. The summed E-state index contributed by atoms with van der Waals surface area (Å²) in [6, 6.07) is 0. The van der Waals surface area contributed by atoms with Crippen molar-refractivity contribution < 1.29 is 19.0 Å². The summed E-state index contributed by atoms with van der Waals surface area (Å²) in [4.78, 5) is 17.8. The van der Waals surface area contributed by atoms with E-state index in [0.29, 0.717) is 79.2 Å². The molecule has 2 aromatic heterocycles. The van der Waals surface area contributed by atoms with Gasteiger partial charge in [0, 0.05) is 33.2 Å². The molecule has 2 aliphatic heterocycles. The Morgan fingerprint density at radius 3 is 2.13 bits per heavy atom. The summed E-state index contributed by atoms with van der Waals surface area (Å²) in [6.07, 6.45) is 0. The molecule has 2 N–H and O–H groups in total. The van der Waals surface area contributed by atoms with Gasteiger partial charge in [0.25, 0.3) is 0 Å². The largest absolute Gasteiger partial charge is 0.465 e. The maximum Gasteiger partial charge on any atom is 0.350 e. The van der Waals surface area contributed by atoms with Crippen LogP contribution >= 0.6 is 35.8 Å². The second kappa shape index (κ2) is 9.61.